The van der Waals surface area contributed by atoms with Gasteiger partial charge in [-0.3, -0.25) is 9.59 Å². The number of aromatic nitrogens is 3. The first-order chi connectivity index (χ1) is 14.2. The molecule has 1 unspecified atom stereocenters. The van der Waals surface area contributed by atoms with Gasteiger partial charge in [0.05, 0.1) is 17.4 Å². The first-order valence-electron chi connectivity index (χ1n) is 10.4. The van der Waals surface area contributed by atoms with Gasteiger partial charge >= 0.3 is 0 Å². The van der Waals surface area contributed by atoms with Crippen molar-refractivity contribution in [3.05, 3.63) is 40.4 Å². The first-order valence-corrected chi connectivity index (χ1v) is 11.3. The molecule has 152 valence electrons. The number of pyridine rings is 1. The summed E-state index contributed by atoms with van der Waals surface area (Å²) < 4.78 is 7.24. The smallest absolute Gasteiger partial charge is 0.285 e. The number of hydrogen-bond acceptors (Lipinski definition) is 6. The van der Waals surface area contributed by atoms with Gasteiger partial charge in [0, 0.05) is 18.8 Å². The maximum absolute atomic E-state index is 13.5. The zero-order chi connectivity index (χ0) is 19.8. The molecule has 3 aliphatic rings. The van der Waals surface area contributed by atoms with Gasteiger partial charge in [-0.1, -0.05) is 31.0 Å². The van der Waals surface area contributed by atoms with Gasteiger partial charge in [0.15, 0.2) is 6.23 Å². The molecule has 1 saturated heterocycles. The zero-order valence-corrected chi connectivity index (χ0v) is 17.1. The second-order valence-electron chi connectivity index (χ2n) is 7.86. The summed E-state index contributed by atoms with van der Waals surface area (Å²) in [6.07, 6.45) is 11.1. The second kappa shape index (κ2) is 7.91. The van der Waals surface area contributed by atoms with E-state index in [-0.39, 0.29) is 23.7 Å². The topological polar surface area (TPSA) is 77.3 Å². The van der Waals surface area contributed by atoms with E-state index in [9.17, 15) is 9.59 Å². The van der Waals surface area contributed by atoms with Crippen molar-refractivity contribution in [3.8, 4) is 0 Å². The minimum absolute atomic E-state index is 0.0842. The summed E-state index contributed by atoms with van der Waals surface area (Å²) in [6, 6.07) is 3.67. The van der Waals surface area contributed by atoms with Gasteiger partial charge < -0.3 is 9.64 Å². The monoisotopic (exact) mass is 412 g/mol. The normalized spacial score (nSPS) is 22.7. The van der Waals surface area contributed by atoms with Gasteiger partial charge in [-0.2, -0.15) is 9.78 Å². The molecule has 0 aromatic carbocycles. The van der Waals surface area contributed by atoms with E-state index >= 15 is 0 Å². The summed E-state index contributed by atoms with van der Waals surface area (Å²) in [5.41, 5.74) is 0.965. The molecule has 0 spiro atoms. The molecule has 0 radical (unpaired) electrons. The van der Waals surface area contributed by atoms with Crippen LogP contribution in [0.25, 0.3) is 0 Å². The van der Waals surface area contributed by atoms with E-state index in [0.717, 1.165) is 44.9 Å². The van der Waals surface area contributed by atoms with E-state index in [2.05, 4.69) is 10.1 Å². The molecule has 2 fully saturated rings. The first kappa shape index (κ1) is 18.8. The van der Waals surface area contributed by atoms with Gasteiger partial charge in [-0.15, -0.1) is 0 Å². The number of carbonyl (C=O) groups is 1. The Bertz CT molecular complexity index is 980. The molecule has 1 atom stereocenters. The van der Waals surface area contributed by atoms with Crippen LogP contribution in [0.15, 0.2) is 39.2 Å². The van der Waals surface area contributed by atoms with E-state index in [1.807, 2.05) is 4.90 Å². The Labute approximate surface area is 173 Å². The van der Waals surface area contributed by atoms with Crippen molar-refractivity contribution in [3.63, 3.8) is 0 Å². The SMILES string of the molecule is O=C1c2cccnc2Sc2c(cnn(C3CCCCO3)c2=O)N1C1CCCCC1. The van der Waals surface area contributed by atoms with Crippen LogP contribution in [0.1, 0.15) is 68.0 Å². The van der Waals surface area contributed by atoms with Crippen molar-refractivity contribution in [1.82, 2.24) is 14.8 Å². The highest BCUT2D eigenvalue weighted by atomic mass is 32.2. The van der Waals surface area contributed by atoms with Crippen molar-refractivity contribution in [2.75, 3.05) is 11.5 Å². The maximum atomic E-state index is 13.5. The summed E-state index contributed by atoms with van der Waals surface area (Å²) in [6.45, 7) is 0.639. The van der Waals surface area contributed by atoms with Crippen LogP contribution >= 0.6 is 11.8 Å². The molecule has 0 bridgehead atoms. The highest BCUT2D eigenvalue weighted by molar-refractivity contribution is 7.99. The number of nitrogens with zero attached hydrogens (tertiary/aromatic N) is 4. The van der Waals surface area contributed by atoms with Gasteiger partial charge in [0.2, 0.25) is 0 Å². The molecule has 2 aromatic heterocycles. The van der Waals surface area contributed by atoms with Crippen LogP contribution in [0, 0.1) is 0 Å². The van der Waals surface area contributed by atoms with E-state index in [1.165, 1.54) is 22.9 Å². The van der Waals surface area contributed by atoms with Crippen molar-refractivity contribution in [2.24, 2.45) is 0 Å². The van der Waals surface area contributed by atoms with E-state index in [4.69, 9.17) is 4.74 Å². The zero-order valence-electron chi connectivity index (χ0n) is 16.2. The summed E-state index contributed by atoms with van der Waals surface area (Å²) in [4.78, 5) is 33.7. The molecule has 4 heterocycles. The number of rotatable bonds is 2. The standard InChI is InChI=1S/C21H24N4O3S/c26-20-15-9-6-11-22-19(15)29-18-16(24(20)14-7-2-1-3-8-14)13-23-25(21(18)27)17-10-4-5-12-28-17/h6,9,11,13-14,17H,1-5,7-8,10,12H2. The Kier molecular flexibility index (Phi) is 5.13. The predicted molar refractivity (Wildman–Crippen MR) is 109 cm³/mol. The van der Waals surface area contributed by atoms with Crippen LogP contribution < -0.4 is 10.5 Å². The number of hydrogen-bond donors (Lipinski definition) is 0. The van der Waals surface area contributed by atoms with E-state index in [1.54, 1.807) is 24.5 Å². The van der Waals surface area contributed by atoms with Crippen LogP contribution in [0.3, 0.4) is 0 Å². The second-order valence-corrected chi connectivity index (χ2v) is 8.85. The molecule has 1 amide bonds. The summed E-state index contributed by atoms with van der Waals surface area (Å²) in [5.74, 6) is -0.0842. The van der Waals surface area contributed by atoms with Crippen molar-refractivity contribution < 1.29 is 9.53 Å². The average Bonchev–Trinajstić information content (AvgIpc) is 2.90. The fourth-order valence-corrected chi connectivity index (χ4v) is 5.51. The fourth-order valence-electron chi connectivity index (χ4n) is 4.50. The lowest BCUT2D eigenvalue weighted by atomic mass is 9.93. The Balaban J connectivity index is 1.65. The molecule has 8 heteroatoms. The summed E-state index contributed by atoms with van der Waals surface area (Å²) >= 11 is 1.28. The third-order valence-corrected chi connectivity index (χ3v) is 7.09. The largest absolute Gasteiger partial charge is 0.356 e. The minimum atomic E-state index is -0.340. The van der Waals surface area contributed by atoms with Crippen molar-refractivity contribution in [2.45, 2.75) is 73.6 Å². The van der Waals surface area contributed by atoms with Crippen LogP contribution in [0.2, 0.25) is 0 Å². The Hall–Kier alpha value is -2.19. The lowest BCUT2D eigenvalue weighted by Crippen LogP contribution is -2.43. The van der Waals surface area contributed by atoms with Gasteiger partial charge in [0.1, 0.15) is 9.92 Å². The maximum Gasteiger partial charge on any atom is 0.285 e. The van der Waals surface area contributed by atoms with Crippen molar-refractivity contribution >= 4 is 23.4 Å². The van der Waals surface area contributed by atoms with Crippen LogP contribution in [-0.2, 0) is 4.74 Å². The predicted octanol–water partition coefficient (Wildman–Crippen LogP) is 3.78. The molecule has 2 aromatic rings. The number of amides is 1. The average molecular weight is 413 g/mol. The minimum Gasteiger partial charge on any atom is -0.356 e. The number of fused-ring (bicyclic) bond motifs is 2. The van der Waals surface area contributed by atoms with Gasteiger partial charge in [-0.05, 0) is 44.2 Å². The van der Waals surface area contributed by atoms with Gasteiger partial charge in [0.25, 0.3) is 11.5 Å². The molecule has 1 aliphatic carbocycles. The molecular formula is C21H24N4O3S. The quantitative estimate of drug-likeness (QED) is 0.747. The third-order valence-electron chi connectivity index (χ3n) is 5.99. The van der Waals surface area contributed by atoms with Gasteiger partial charge in [-0.25, -0.2) is 4.98 Å². The van der Waals surface area contributed by atoms with E-state index in [0.29, 0.717) is 27.8 Å². The lowest BCUT2D eigenvalue weighted by Gasteiger charge is -2.34. The third kappa shape index (κ3) is 3.38. The Morgan fingerprint density at radius 1 is 1.07 bits per heavy atom. The number of anilines is 1. The summed E-state index contributed by atoms with van der Waals surface area (Å²) in [7, 11) is 0. The molecule has 29 heavy (non-hydrogen) atoms. The fraction of sp³-hybridized carbons (Fsp3) is 0.524. The van der Waals surface area contributed by atoms with E-state index < -0.39 is 0 Å². The van der Waals surface area contributed by atoms with Crippen molar-refractivity contribution in [1.29, 1.82) is 0 Å². The molecule has 1 saturated carbocycles. The highest BCUT2D eigenvalue weighted by Crippen LogP contribution is 2.41. The van der Waals surface area contributed by atoms with Crippen LogP contribution in [-0.4, -0.2) is 33.3 Å². The molecule has 7 nitrogen and oxygen atoms in total. The highest BCUT2D eigenvalue weighted by Gasteiger charge is 2.36. The Morgan fingerprint density at radius 2 is 1.90 bits per heavy atom. The Morgan fingerprint density at radius 3 is 2.69 bits per heavy atom. The molecule has 5 rings (SSSR count). The number of carbonyl (C=O) groups excluding carboxylic acids is 1. The van der Waals surface area contributed by atoms with Crippen LogP contribution in [0.5, 0.6) is 0 Å². The number of ether oxygens (including phenoxy) is 1. The summed E-state index contributed by atoms with van der Waals surface area (Å²) in [5, 5.41) is 5.03. The molecule has 2 aliphatic heterocycles. The molecular weight excluding hydrogens is 388 g/mol. The lowest BCUT2D eigenvalue weighted by molar-refractivity contribution is -0.0429. The molecule has 0 N–H and O–H groups in total. The van der Waals surface area contributed by atoms with Crippen LogP contribution in [0.4, 0.5) is 5.69 Å².